The van der Waals surface area contributed by atoms with Crippen LogP contribution in [0.4, 0.5) is 4.39 Å². The lowest BCUT2D eigenvalue weighted by atomic mass is 10.0. The molecule has 1 saturated carbocycles. The first-order chi connectivity index (χ1) is 9.95. The molecular formula is C15H20FNO3S. The summed E-state index contributed by atoms with van der Waals surface area (Å²) in [7, 11) is -3.28. The predicted octanol–water partition coefficient (Wildman–Crippen LogP) is 1.79. The fraction of sp³-hybridized carbons (Fsp3) is 0.600. The van der Waals surface area contributed by atoms with Crippen molar-refractivity contribution in [2.24, 2.45) is 5.92 Å². The molecule has 1 aromatic carbocycles. The number of aliphatic hydroxyl groups is 1. The second-order valence-electron chi connectivity index (χ2n) is 6.08. The molecule has 3 unspecified atom stereocenters. The number of sulfone groups is 1. The van der Waals surface area contributed by atoms with E-state index < -0.39 is 15.7 Å². The van der Waals surface area contributed by atoms with E-state index in [4.69, 9.17) is 0 Å². The highest BCUT2D eigenvalue weighted by Gasteiger charge is 2.31. The lowest BCUT2D eigenvalue weighted by Crippen LogP contribution is -2.32. The third-order valence-electron chi connectivity index (χ3n) is 4.52. The van der Waals surface area contributed by atoms with Crippen LogP contribution >= 0.6 is 0 Å². The summed E-state index contributed by atoms with van der Waals surface area (Å²) in [5, 5.41) is 12.9. The molecule has 0 saturated heterocycles. The molecule has 116 valence electrons. The summed E-state index contributed by atoms with van der Waals surface area (Å²) in [5.74, 6) is 0.0980. The molecule has 1 aromatic rings. The third-order valence-corrected chi connectivity index (χ3v) is 6.34. The third kappa shape index (κ3) is 3.12. The number of fused-ring (bicyclic) bond motifs is 1. The van der Waals surface area contributed by atoms with Crippen molar-refractivity contribution in [1.29, 1.82) is 0 Å². The van der Waals surface area contributed by atoms with Crippen molar-refractivity contribution in [3.63, 3.8) is 0 Å². The maximum absolute atomic E-state index is 13.5. The predicted molar refractivity (Wildman–Crippen MR) is 77.2 cm³/mol. The van der Waals surface area contributed by atoms with Crippen LogP contribution in [0.2, 0.25) is 0 Å². The van der Waals surface area contributed by atoms with E-state index in [0.29, 0.717) is 17.9 Å². The van der Waals surface area contributed by atoms with Gasteiger partial charge in [-0.25, -0.2) is 12.8 Å². The van der Waals surface area contributed by atoms with Crippen LogP contribution in [-0.2, 0) is 9.84 Å². The fourth-order valence-electron chi connectivity index (χ4n) is 3.37. The first kappa shape index (κ1) is 14.9. The molecule has 3 rings (SSSR count). The fourth-order valence-corrected chi connectivity index (χ4v) is 4.97. The van der Waals surface area contributed by atoms with Crippen LogP contribution in [0.25, 0.3) is 0 Å². The highest BCUT2D eigenvalue weighted by molar-refractivity contribution is 7.91. The van der Waals surface area contributed by atoms with Gasteiger partial charge in [-0.15, -0.1) is 0 Å². The monoisotopic (exact) mass is 313 g/mol. The smallest absolute Gasteiger partial charge is 0.178 e. The van der Waals surface area contributed by atoms with E-state index in [1.165, 1.54) is 18.2 Å². The minimum Gasteiger partial charge on any atom is -0.393 e. The first-order valence-electron chi connectivity index (χ1n) is 7.39. The quantitative estimate of drug-likeness (QED) is 0.835. The Morgan fingerprint density at radius 2 is 2.10 bits per heavy atom. The van der Waals surface area contributed by atoms with Crippen LogP contribution in [0.3, 0.4) is 0 Å². The molecule has 0 bridgehead atoms. The highest BCUT2D eigenvalue weighted by Crippen LogP contribution is 2.33. The highest BCUT2D eigenvalue weighted by atomic mass is 32.2. The molecule has 1 aliphatic carbocycles. The van der Waals surface area contributed by atoms with Crippen LogP contribution in [0.1, 0.15) is 37.3 Å². The number of nitrogens with one attached hydrogen (secondary N) is 1. The number of halogens is 1. The summed E-state index contributed by atoms with van der Waals surface area (Å²) in [5.41, 5.74) is 0.541. The van der Waals surface area contributed by atoms with Crippen molar-refractivity contribution in [3.05, 3.63) is 29.6 Å². The number of hydrogen-bond donors (Lipinski definition) is 2. The average Bonchev–Trinajstić information content (AvgIpc) is 2.83. The summed E-state index contributed by atoms with van der Waals surface area (Å²) in [4.78, 5) is 0.249. The van der Waals surface area contributed by atoms with Crippen molar-refractivity contribution in [2.75, 3.05) is 12.3 Å². The van der Waals surface area contributed by atoms with Crippen LogP contribution in [0.5, 0.6) is 0 Å². The SMILES string of the molecule is O=S1(=O)CCC(NCC2CCC(O)C2)c2cc(F)ccc21. The van der Waals surface area contributed by atoms with Crippen molar-refractivity contribution in [3.8, 4) is 0 Å². The summed E-state index contributed by atoms with van der Waals surface area (Å²) >= 11 is 0. The molecule has 6 heteroatoms. The van der Waals surface area contributed by atoms with Crippen molar-refractivity contribution in [1.82, 2.24) is 5.32 Å². The van der Waals surface area contributed by atoms with Gasteiger partial charge in [0.15, 0.2) is 9.84 Å². The lowest BCUT2D eigenvalue weighted by Gasteiger charge is -2.27. The van der Waals surface area contributed by atoms with Crippen molar-refractivity contribution < 1.29 is 17.9 Å². The molecule has 2 aliphatic rings. The molecule has 1 fully saturated rings. The van der Waals surface area contributed by atoms with Gasteiger partial charge < -0.3 is 10.4 Å². The molecule has 0 aromatic heterocycles. The molecular weight excluding hydrogens is 293 g/mol. The van der Waals surface area contributed by atoms with E-state index in [2.05, 4.69) is 5.32 Å². The van der Waals surface area contributed by atoms with Crippen molar-refractivity contribution in [2.45, 2.75) is 42.7 Å². The minimum atomic E-state index is -3.28. The van der Waals surface area contributed by atoms with E-state index in [0.717, 1.165) is 25.8 Å². The van der Waals surface area contributed by atoms with Crippen LogP contribution in [0.15, 0.2) is 23.1 Å². The Hall–Kier alpha value is -0.980. The molecule has 0 amide bonds. The lowest BCUT2D eigenvalue weighted by molar-refractivity contribution is 0.177. The van der Waals surface area contributed by atoms with Gasteiger partial charge in [0, 0.05) is 6.04 Å². The Morgan fingerprint density at radius 1 is 1.29 bits per heavy atom. The topological polar surface area (TPSA) is 66.4 Å². The van der Waals surface area contributed by atoms with Crippen LogP contribution in [-0.4, -0.2) is 31.9 Å². The summed E-state index contributed by atoms with van der Waals surface area (Å²) < 4.78 is 37.6. The number of aliphatic hydroxyl groups excluding tert-OH is 1. The zero-order chi connectivity index (χ0) is 15.0. The molecule has 1 aliphatic heterocycles. The minimum absolute atomic E-state index is 0.0938. The normalized spacial score (nSPS) is 31.0. The standard InChI is InChI=1S/C15H20FNO3S/c16-11-2-4-15-13(8-11)14(5-6-21(15,19)20)17-9-10-1-3-12(18)7-10/h2,4,8,10,12,14,17-18H,1,3,5-7,9H2. The van der Waals surface area contributed by atoms with Crippen LogP contribution in [0, 0.1) is 11.7 Å². The molecule has 0 radical (unpaired) electrons. The van der Waals surface area contributed by atoms with Gasteiger partial charge in [0.05, 0.1) is 16.8 Å². The van der Waals surface area contributed by atoms with Gasteiger partial charge in [0.25, 0.3) is 0 Å². The summed E-state index contributed by atoms with van der Waals surface area (Å²) in [6, 6.07) is 3.77. The zero-order valence-corrected chi connectivity index (χ0v) is 12.6. The zero-order valence-electron chi connectivity index (χ0n) is 11.8. The van der Waals surface area contributed by atoms with E-state index in [1.54, 1.807) is 0 Å². The van der Waals surface area contributed by atoms with Crippen molar-refractivity contribution >= 4 is 9.84 Å². The van der Waals surface area contributed by atoms with Gasteiger partial charge >= 0.3 is 0 Å². The Balaban J connectivity index is 1.77. The molecule has 3 atom stereocenters. The van der Waals surface area contributed by atoms with Gasteiger partial charge in [-0.1, -0.05) is 0 Å². The van der Waals surface area contributed by atoms with Gasteiger partial charge in [-0.3, -0.25) is 0 Å². The van der Waals surface area contributed by atoms with E-state index in [9.17, 15) is 17.9 Å². The van der Waals surface area contributed by atoms with Gasteiger partial charge in [-0.2, -0.15) is 0 Å². The maximum atomic E-state index is 13.5. The second kappa shape index (κ2) is 5.66. The summed E-state index contributed by atoms with van der Waals surface area (Å²) in [6.07, 6.45) is 2.85. The number of rotatable bonds is 3. The summed E-state index contributed by atoms with van der Waals surface area (Å²) in [6.45, 7) is 0.734. The Kier molecular flexibility index (Phi) is 4.03. The number of benzene rings is 1. The Morgan fingerprint density at radius 3 is 2.81 bits per heavy atom. The average molecular weight is 313 g/mol. The van der Waals surface area contributed by atoms with E-state index in [1.807, 2.05) is 0 Å². The van der Waals surface area contributed by atoms with E-state index >= 15 is 0 Å². The van der Waals surface area contributed by atoms with Crippen LogP contribution < -0.4 is 5.32 Å². The molecule has 1 heterocycles. The molecule has 0 spiro atoms. The van der Waals surface area contributed by atoms with Gasteiger partial charge in [0.2, 0.25) is 0 Å². The second-order valence-corrected chi connectivity index (χ2v) is 8.16. The largest absolute Gasteiger partial charge is 0.393 e. The van der Waals surface area contributed by atoms with Gasteiger partial charge in [-0.05, 0) is 61.9 Å². The molecule has 4 nitrogen and oxygen atoms in total. The first-order valence-corrected chi connectivity index (χ1v) is 9.04. The van der Waals surface area contributed by atoms with E-state index in [-0.39, 0.29) is 22.8 Å². The Bertz CT molecular complexity index is 632. The molecule has 21 heavy (non-hydrogen) atoms. The molecule has 2 N–H and O–H groups in total. The Labute approximate surface area is 124 Å². The maximum Gasteiger partial charge on any atom is 0.178 e. The number of hydrogen-bond acceptors (Lipinski definition) is 4. The van der Waals surface area contributed by atoms with Gasteiger partial charge in [0.1, 0.15) is 5.82 Å².